The first-order chi connectivity index (χ1) is 15.1. The molecule has 0 amide bonds. The third-order valence-electron chi connectivity index (χ3n) is 4.89. The molecule has 1 heterocycles. The zero-order valence-corrected chi connectivity index (χ0v) is 18.6. The van der Waals surface area contributed by atoms with Gasteiger partial charge in [0.15, 0.2) is 6.61 Å². The average molecular weight is 465 g/mol. The van der Waals surface area contributed by atoms with Crippen molar-refractivity contribution in [1.29, 1.82) is 0 Å². The van der Waals surface area contributed by atoms with Crippen LogP contribution in [0.2, 0.25) is 0 Å². The summed E-state index contributed by atoms with van der Waals surface area (Å²) in [6, 6.07) is 10.5. The Kier molecular flexibility index (Phi) is 7.18. The van der Waals surface area contributed by atoms with Crippen LogP contribution in [-0.2, 0) is 11.0 Å². The van der Waals surface area contributed by atoms with Gasteiger partial charge in [-0.05, 0) is 68.3 Å². The number of aromatic nitrogens is 2. The van der Waals surface area contributed by atoms with Crippen molar-refractivity contribution in [3.8, 4) is 11.4 Å². The Bertz CT molecular complexity index is 1090. The van der Waals surface area contributed by atoms with Crippen LogP contribution in [0.4, 0.5) is 13.2 Å². The predicted octanol–water partition coefficient (Wildman–Crippen LogP) is 6.21. The summed E-state index contributed by atoms with van der Waals surface area (Å²) in [6.07, 6.45) is -1.70. The maximum atomic E-state index is 12.8. The van der Waals surface area contributed by atoms with Crippen LogP contribution >= 0.6 is 11.8 Å². The summed E-state index contributed by atoms with van der Waals surface area (Å²) in [6.45, 7) is 5.40. The molecule has 3 rings (SSSR count). The maximum absolute atomic E-state index is 12.8. The van der Waals surface area contributed by atoms with Gasteiger partial charge in [-0.3, -0.25) is 0 Å². The van der Waals surface area contributed by atoms with E-state index < -0.39 is 24.3 Å². The number of hydrogen-bond acceptors (Lipinski definition) is 4. The van der Waals surface area contributed by atoms with Crippen LogP contribution < -0.4 is 4.74 Å². The van der Waals surface area contributed by atoms with Crippen molar-refractivity contribution in [3.05, 3.63) is 71.0 Å². The summed E-state index contributed by atoms with van der Waals surface area (Å²) in [5, 5.41) is 13.4. The van der Waals surface area contributed by atoms with Crippen LogP contribution in [0.5, 0.6) is 5.75 Å². The highest BCUT2D eigenvalue weighted by Gasteiger charge is 2.30. The van der Waals surface area contributed by atoms with Crippen molar-refractivity contribution in [2.75, 3.05) is 6.61 Å². The van der Waals surface area contributed by atoms with Gasteiger partial charge in [0.25, 0.3) is 0 Å². The third kappa shape index (κ3) is 5.64. The number of alkyl halides is 3. The summed E-state index contributed by atoms with van der Waals surface area (Å²) < 4.78 is 45.3. The molecule has 32 heavy (non-hydrogen) atoms. The fourth-order valence-electron chi connectivity index (χ4n) is 3.25. The number of benzene rings is 2. The minimum atomic E-state index is -4.37. The Morgan fingerprint density at radius 2 is 1.88 bits per heavy atom. The van der Waals surface area contributed by atoms with Gasteiger partial charge in [0, 0.05) is 21.9 Å². The summed E-state index contributed by atoms with van der Waals surface area (Å²) in [5.74, 6) is -0.509. The number of rotatable bonds is 8. The number of thioether (sulfide) groups is 1. The molecular formula is C23H23F3N2O3S. The molecule has 2 aromatic carbocycles. The van der Waals surface area contributed by atoms with E-state index in [4.69, 9.17) is 9.84 Å². The molecule has 0 spiro atoms. The van der Waals surface area contributed by atoms with Gasteiger partial charge < -0.3 is 9.84 Å². The number of carboxylic acids is 1. The second-order valence-corrected chi connectivity index (χ2v) is 8.56. The normalized spacial score (nSPS) is 12.6. The van der Waals surface area contributed by atoms with Crippen LogP contribution in [0.15, 0.2) is 53.6 Å². The first kappa shape index (κ1) is 23.7. The Labute approximate surface area is 188 Å². The lowest BCUT2D eigenvalue weighted by atomic mass is 10.1. The molecule has 1 aromatic heterocycles. The molecule has 1 atom stereocenters. The molecule has 0 saturated heterocycles. The van der Waals surface area contributed by atoms with Crippen molar-refractivity contribution >= 4 is 17.7 Å². The summed E-state index contributed by atoms with van der Waals surface area (Å²) in [5.41, 5.74) is 2.51. The lowest BCUT2D eigenvalue weighted by Gasteiger charge is -2.15. The van der Waals surface area contributed by atoms with Gasteiger partial charge >= 0.3 is 12.1 Å². The molecule has 0 aliphatic heterocycles. The molecule has 0 aliphatic rings. The fourth-order valence-corrected chi connectivity index (χ4v) is 4.50. The van der Waals surface area contributed by atoms with Crippen LogP contribution in [0.25, 0.3) is 5.69 Å². The number of aliphatic carboxylic acids is 1. The van der Waals surface area contributed by atoms with Crippen LogP contribution in [-0.4, -0.2) is 27.5 Å². The number of aryl methyl sites for hydroxylation is 2. The van der Waals surface area contributed by atoms with Crippen LogP contribution in [0, 0.1) is 13.8 Å². The van der Waals surface area contributed by atoms with E-state index in [1.54, 1.807) is 22.5 Å². The van der Waals surface area contributed by atoms with E-state index in [-0.39, 0.29) is 5.25 Å². The van der Waals surface area contributed by atoms with Crippen LogP contribution in [0.1, 0.15) is 41.0 Å². The quantitative estimate of drug-likeness (QED) is 0.401. The summed E-state index contributed by atoms with van der Waals surface area (Å²) >= 11 is 1.64. The van der Waals surface area contributed by atoms with Gasteiger partial charge in [0.05, 0.1) is 16.9 Å². The third-order valence-corrected chi connectivity index (χ3v) is 6.29. The summed E-state index contributed by atoms with van der Waals surface area (Å²) in [7, 11) is 0. The lowest BCUT2D eigenvalue weighted by molar-refractivity contribution is -0.139. The highest BCUT2D eigenvalue weighted by Crippen LogP contribution is 2.40. The molecular weight excluding hydrogens is 441 g/mol. The molecule has 1 unspecified atom stereocenters. The zero-order valence-electron chi connectivity index (χ0n) is 17.8. The van der Waals surface area contributed by atoms with Crippen molar-refractivity contribution in [2.45, 2.75) is 43.5 Å². The molecule has 0 bridgehead atoms. The van der Waals surface area contributed by atoms with Gasteiger partial charge in [-0.15, -0.1) is 11.8 Å². The molecule has 1 N–H and O–H groups in total. The Morgan fingerprint density at radius 1 is 1.19 bits per heavy atom. The van der Waals surface area contributed by atoms with Gasteiger partial charge in [0.1, 0.15) is 5.75 Å². The molecule has 9 heteroatoms. The first-order valence-electron chi connectivity index (χ1n) is 9.94. The van der Waals surface area contributed by atoms with Gasteiger partial charge in [-0.1, -0.05) is 6.92 Å². The average Bonchev–Trinajstić information content (AvgIpc) is 3.12. The molecule has 0 aliphatic carbocycles. The standard InChI is InChI=1S/C23H23F3N2O3S/c1-4-21(32-18-9-10-20(14(2)11-18)31-13-22(29)30)19-12-28(27-15(19)3)17-7-5-16(6-8-17)23(24,25)26/h5-12,21H,4,13H2,1-3H3,(H,29,30). The van der Waals surface area contributed by atoms with Crippen molar-refractivity contribution < 1.29 is 27.8 Å². The van der Waals surface area contributed by atoms with E-state index in [1.807, 2.05) is 32.2 Å². The number of nitrogens with zero attached hydrogens (tertiary/aromatic N) is 2. The molecule has 170 valence electrons. The number of halogens is 3. The molecule has 0 saturated carbocycles. The van der Waals surface area contributed by atoms with E-state index in [9.17, 15) is 18.0 Å². The van der Waals surface area contributed by atoms with Crippen LogP contribution in [0.3, 0.4) is 0 Å². The van der Waals surface area contributed by atoms with Gasteiger partial charge in [-0.2, -0.15) is 18.3 Å². The molecule has 5 nitrogen and oxygen atoms in total. The Hall–Kier alpha value is -2.94. The molecule has 0 fully saturated rings. The first-order valence-corrected chi connectivity index (χ1v) is 10.8. The Morgan fingerprint density at radius 3 is 2.44 bits per heavy atom. The number of hydrogen-bond donors (Lipinski definition) is 1. The fraction of sp³-hybridized carbons (Fsp3) is 0.304. The Balaban J connectivity index is 1.79. The minimum absolute atomic E-state index is 0.0865. The van der Waals surface area contributed by atoms with E-state index in [2.05, 4.69) is 12.0 Å². The lowest BCUT2D eigenvalue weighted by Crippen LogP contribution is -2.10. The van der Waals surface area contributed by atoms with E-state index in [0.29, 0.717) is 11.4 Å². The monoisotopic (exact) mass is 464 g/mol. The molecule has 3 aromatic rings. The largest absolute Gasteiger partial charge is 0.482 e. The molecule has 0 radical (unpaired) electrons. The predicted molar refractivity (Wildman–Crippen MR) is 117 cm³/mol. The minimum Gasteiger partial charge on any atom is -0.482 e. The zero-order chi connectivity index (χ0) is 23.5. The number of ether oxygens (including phenoxy) is 1. The second kappa shape index (κ2) is 9.68. The van der Waals surface area contributed by atoms with Gasteiger partial charge in [0.2, 0.25) is 0 Å². The highest BCUT2D eigenvalue weighted by atomic mass is 32.2. The summed E-state index contributed by atoms with van der Waals surface area (Å²) in [4.78, 5) is 11.7. The van der Waals surface area contributed by atoms with Gasteiger partial charge in [-0.25, -0.2) is 9.48 Å². The SMILES string of the molecule is CCC(Sc1ccc(OCC(=O)O)c(C)c1)c1cn(-c2ccc(C(F)(F)F)cc2)nc1C. The second-order valence-electron chi connectivity index (χ2n) is 7.28. The topological polar surface area (TPSA) is 64.3 Å². The van der Waals surface area contributed by atoms with Crippen molar-refractivity contribution in [1.82, 2.24) is 9.78 Å². The number of carbonyl (C=O) groups is 1. The number of carboxylic acid groups (broad SMARTS) is 1. The smallest absolute Gasteiger partial charge is 0.416 e. The van der Waals surface area contributed by atoms with E-state index >= 15 is 0 Å². The van der Waals surface area contributed by atoms with Crippen molar-refractivity contribution in [2.24, 2.45) is 0 Å². The van der Waals surface area contributed by atoms with E-state index in [0.717, 1.165) is 40.3 Å². The van der Waals surface area contributed by atoms with E-state index in [1.165, 1.54) is 12.1 Å². The maximum Gasteiger partial charge on any atom is 0.416 e. The van der Waals surface area contributed by atoms with Crippen molar-refractivity contribution in [3.63, 3.8) is 0 Å². The highest BCUT2D eigenvalue weighted by molar-refractivity contribution is 7.99.